The Morgan fingerprint density at radius 1 is 1.08 bits per heavy atom. The van der Waals surface area contributed by atoms with E-state index in [1.165, 1.54) is 18.2 Å². The molecule has 0 spiro atoms. The number of imidazole rings is 1. The fourth-order valence-corrected chi connectivity index (χ4v) is 8.53. The van der Waals surface area contributed by atoms with Crippen molar-refractivity contribution in [2.24, 2.45) is 7.05 Å². The Morgan fingerprint density at radius 3 is 2.33 bits per heavy atom. The van der Waals surface area contributed by atoms with Gasteiger partial charge in [-0.1, -0.05) is 23.2 Å². The smallest absolute Gasteiger partial charge is 0.320 e. The van der Waals surface area contributed by atoms with E-state index in [-0.39, 0.29) is 28.2 Å². The zero-order valence-corrected chi connectivity index (χ0v) is 23.3. The summed E-state index contributed by atoms with van der Waals surface area (Å²) in [6, 6.07) is 9.35. The number of aromatic nitrogens is 2. The molecule has 1 aliphatic rings. The lowest BCUT2D eigenvalue weighted by Crippen LogP contribution is -2.33. The van der Waals surface area contributed by atoms with E-state index in [1.54, 1.807) is 32.2 Å². The topological polar surface area (TPSA) is 94.0 Å². The average Bonchev–Trinajstić information content (AvgIpc) is 3.42. The third kappa shape index (κ3) is 5.44. The van der Waals surface area contributed by atoms with Gasteiger partial charge in [0.2, 0.25) is 5.95 Å². The van der Waals surface area contributed by atoms with Crippen LogP contribution >= 0.6 is 30.8 Å². The number of fused-ring (bicyclic) bond motifs is 1. The molecule has 1 aromatic heterocycles. The Labute approximate surface area is 221 Å². The van der Waals surface area contributed by atoms with Crippen molar-refractivity contribution in [3.8, 4) is 0 Å². The Hall–Kier alpha value is -2.07. The summed E-state index contributed by atoms with van der Waals surface area (Å²) < 4.78 is 55.0. The molecule has 0 atom stereocenters. The molecular formula is C23H27Cl2N4O5PS. The molecule has 0 amide bonds. The van der Waals surface area contributed by atoms with Crippen LogP contribution in [0.4, 0.5) is 17.3 Å². The molecule has 2 heterocycles. The van der Waals surface area contributed by atoms with Crippen molar-refractivity contribution < 1.29 is 22.0 Å². The molecule has 2 aromatic carbocycles. The minimum Gasteiger partial charge on any atom is -0.320 e. The van der Waals surface area contributed by atoms with Gasteiger partial charge in [0.15, 0.2) is 0 Å². The Bertz CT molecular complexity index is 1380. The minimum absolute atomic E-state index is 0.0942. The Balaban J connectivity index is 1.80. The molecule has 0 bridgehead atoms. The molecule has 0 unspecified atom stereocenters. The second-order valence-electron chi connectivity index (χ2n) is 8.10. The van der Waals surface area contributed by atoms with Gasteiger partial charge in [-0.15, -0.1) is 0 Å². The third-order valence-electron chi connectivity index (χ3n) is 5.66. The van der Waals surface area contributed by atoms with Crippen LogP contribution in [0, 0.1) is 0 Å². The van der Waals surface area contributed by atoms with Gasteiger partial charge in [0.25, 0.3) is 10.0 Å². The van der Waals surface area contributed by atoms with E-state index in [9.17, 15) is 13.0 Å². The lowest BCUT2D eigenvalue weighted by Gasteiger charge is -2.29. The number of hydrogen-bond acceptors (Lipinski definition) is 7. The van der Waals surface area contributed by atoms with Gasteiger partial charge in [-0.3, -0.25) is 8.87 Å². The van der Waals surface area contributed by atoms with Crippen LogP contribution in [0.2, 0.25) is 10.0 Å². The van der Waals surface area contributed by atoms with E-state index < -0.39 is 23.9 Å². The molecule has 0 radical (unpaired) electrons. The predicted octanol–water partition coefficient (Wildman–Crippen LogP) is 5.84. The highest BCUT2D eigenvalue weighted by Crippen LogP contribution is 2.50. The monoisotopic (exact) mass is 572 g/mol. The SMILES string of the molecule is CCOP(=O)(CN(c1ccc2c(c1)CCN2c1nccn1C)S(=O)(=O)c1cc(Cl)cc(Cl)c1)OCC. The van der Waals surface area contributed by atoms with Crippen LogP contribution in [0.1, 0.15) is 19.4 Å². The van der Waals surface area contributed by atoms with Crippen molar-refractivity contribution in [3.05, 3.63) is 64.4 Å². The van der Waals surface area contributed by atoms with Crippen LogP contribution in [0.5, 0.6) is 0 Å². The van der Waals surface area contributed by atoms with Crippen LogP contribution in [0.15, 0.2) is 53.7 Å². The normalized spacial score (nSPS) is 13.8. The molecule has 3 aromatic rings. The summed E-state index contributed by atoms with van der Waals surface area (Å²) in [6.45, 7) is 4.22. The van der Waals surface area contributed by atoms with Gasteiger partial charge in [-0.2, -0.15) is 0 Å². The predicted molar refractivity (Wildman–Crippen MR) is 142 cm³/mol. The van der Waals surface area contributed by atoms with E-state index in [0.29, 0.717) is 18.7 Å². The second-order valence-corrected chi connectivity index (χ2v) is 12.9. The van der Waals surface area contributed by atoms with E-state index in [2.05, 4.69) is 9.88 Å². The maximum absolute atomic E-state index is 13.9. The van der Waals surface area contributed by atoms with Crippen molar-refractivity contribution in [1.82, 2.24) is 9.55 Å². The molecule has 194 valence electrons. The molecule has 0 aliphatic carbocycles. The molecule has 9 nitrogen and oxygen atoms in total. The number of aryl methyl sites for hydroxylation is 1. The highest BCUT2D eigenvalue weighted by molar-refractivity contribution is 7.93. The Morgan fingerprint density at radius 2 is 1.75 bits per heavy atom. The van der Waals surface area contributed by atoms with E-state index in [0.717, 1.165) is 21.5 Å². The number of halogens is 2. The molecule has 4 rings (SSSR count). The van der Waals surface area contributed by atoms with Crippen LogP contribution in [0.3, 0.4) is 0 Å². The maximum atomic E-state index is 13.9. The first-order chi connectivity index (χ1) is 17.1. The molecule has 0 saturated heterocycles. The first-order valence-corrected chi connectivity index (χ1v) is 15.2. The summed E-state index contributed by atoms with van der Waals surface area (Å²) >= 11 is 12.2. The first kappa shape index (κ1) is 27.0. The van der Waals surface area contributed by atoms with Crippen LogP contribution in [0.25, 0.3) is 0 Å². The zero-order valence-electron chi connectivity index (χ0n) is 20.1. The number of rotatable bonds is 10. The number of benzene rings is 2. The third-order valence-corrected chi connectivity index (χ3v) is 9.97. The molecule has 1 aliphatic heterocycles. The average molecular weight is 573 g/mol. The number of nitrogens with zero attached hydrogens (tertiary/aromatic N) is 4. The summed E-state index contributed by atoms with van der Waals surface area (Å²) in [4.78, 5) is 6.37. The van der Waals surface area contributed by atoms with Crippen LogP contribution in [-0.4, -0.2) is 44.0 Å². The van der Waals surface area contributed by atoms with E-state index in [4.69, 9.17) is 32.2 Å². The molecule has 36 heavy (non-hydrogen) atoms. The summed E-state index contributed by atoms with van der Waals surface area (Å²) in [7, 11) is -6.14. The highest BCUT2D eigenvalue weighted by Gasteiger charge is 2.36. The lowest BCUT2D eigenvalue weighted by molar-refractivity contribution is 0.221. The van der Waals surface area contributed by atoms with Gasteiger partial charge in [0.1, 0.15) is 6.29 Å². The summed E-state index contributed by atoms with van der Waals surface area (Å²) in [6.07, 6.45) is 3.76. The van der Waals surface area contributed by atoms with Gasteiger partial charge in [0.05, 0.1) is 23.8 Å². The molecule has 13 heteroatoms. The Kier molecular flexibility index (Phi) is 8.04. The van der Waals surface area contributed by atoms with Crippen molar-refractivity contribution in [2.45, 2.75) is 25.2 Å². The van der Waals surface area contributed by atoms with Crippen LogP contribution in [-0.2, 0) is 37.1 Å². The molecule has 0 N–H and O–H groups in total. The molecular weight excluding hydrogens is 546 g/mol. The second kappa shape index (κ2) is 10.7. The molecule has 0 saturated carbocycles. The first-order valence-electron chi connectivity index (χ1n) is 11.3. The van der Waals surface area contributed by atoms with Gasteiger partial charge in [0, 0.05) is 41.7 Å². The fourth-order valence-electron chi connectivity index (χ4n) is 4.14. The van der Waals surface area contributed by atoms with Crippen molar-refractivity contribution in [3.63, 3.8) is 0 Å². The van der Waals surface area contributed by atoms with Gasteiger partial charge >= 0.3 is 7.60 Å². The fraction of sp³-hybridized carbons (Fsp3) is 0.348. The van der Waals surface area contributed by atoms with Crippen molar-refractivity contribution >= 4 is 58.1 Å². The quantitative estimate of drug-likeness (QED) is 0.282. The standard InChI is InChI=1S/C23H27Cl2N4O5PS/c1-4-33-35(30,34-5-2)16-29(36(31,32)21-14-18(24)13-19(25)15-21)20-6-7-22-17(12-20)8-10-28(22)23-26-9-11-27(23)3/h6-7,9,11-15H,4-5,8,10,16H2,1-3H3. The largest absolute Gasteiger partial charge is 0.350 e. The summed E-state index contributed by atoms with van der Waals surface area (Å²) in [5, 5.41) is 0.331. The van der Waals surface area contributed by atoms with Crippen molar-refractivity contribution in [1.29, 1.82) is 0 Å². The number of hydrogen-bond donors (Lipinski definition) is 0. The molecule has 0 fully saturated rings. The van der Waals surface area contributed by atoms with E-state index in [1.807, 2.05) is 23.9 Å². The van der Waals surface area contributed by atoms with E-state index >= 15 is 0 Å². The summed E-state index contributed by atoms with van der Waals surface area (Å²) in [5.74, 6) is 0.789. The highest BCUT2D eigenvalue weighted by atomic mass is 35.5. The maximum Gasteiger partial charge on any atom is 0.350 e. The van der Waals surface area contributed by atoms with Crippen LogP contribution < -0.4 is 9.21 Å². The summed E-state index contributed by atoms with van der Waals surface area (Å²) in [5.41, 5.74) is 2.18. The van der Waals surface area contributed by atoms with Gasteiger partial charge < -0.3 is 18.5 Å². The van der Waals surface area contributed by atoms with Gasteiger partial charge in [-0.25, -0.2) is 13.4 Å². The lowest BCUT2D eigenvalue weighted by atomic mass is 10.1. The van der Waals surface area contributed by atoms with Gasteiger partial charge in [-0.05, 0) is 62.2 Å². The van der Waals surface area contributed by atoms with Crippen molar-refractivity contribution in [2.75, 3.05) is 35.2 Å². The number of anilines is 3. The number of sulfonamides is 1. The zero-order chi connectivity index (χ0) is 26.1. The minimum atomic E-state index is -4.25.